The third kappa shape index (κ3) is 4.53. The average molecular weight is 309 g/mol. The number of rotatable bonds is 5. The molecule has 1 aromatic rings. The lowest BCUT2D eigenvalue weighted by atomic mass is 9.95. The molecule has 0 N–H and O–H groups in total. The molecule has 124 valence electrons. The first-order valence-corrected chi connectivity index (χ1v) is 8.13. The fourth-order valence-corrected chi connectivity index (χ4v) is 2.99. The van der Waals surface area contributed by atoms with Gasteiger partial charge in [-0.1, -0.05) is 25.9 Å². The summed E-state index contributed by atoms with van der Waals surface area (Å²) in [4.78, 5) is 18.6. The first kappa shape index (κ1) is 16.9. The summed E-state index contributed by atoms with van der Waals surface area (Å²) in [5, 5.41) is 3.70. The maximum absolute atomic E-state index is 12.5. The molecule has 0 spiro atoms. The van der Waals surface area contributed by atoms with Gasteiger partial charge in [0, 0.05) is 12.6 Å². The van der Waals surface area contributed by atoms with E-state index in [4.69, 9.17) is 9.26 Å². The number of nitrogens with zero attached hydrogens (tertiary/aromatic N) is 3. The predicted octanol–water partition coefficient (Wildman–Crippen LogP) is 2.57. The van der Waals surface area contributed by atoms with E-state index < -0.39 is 0 Å². The number of carbonyl (C=O) groups is 1. The molecule has 22 heavy (non-hydrogen) atoms. The van der Waals surface area contributed by atoms with Gasteiger partial charge in [0.2, 0.25) is 5.91 Å². The molecule has 6 nitrogen and oxygen atoms in total. The maximum Gasteiger partial charge on any atom is 0.252 e. The summed E-state index contributed by atoms with van der Waals surface area (Å²) >= 11 is 0. The van der Waals surface area contributed by atoms with E-state index in [1.165, 1.54) is 6.42 Å². The highest BCUT2D eigenvalue weighted by Gasteiger charge is 2.29. The number of likely N-dealkylation sites (tertiary alicyclic amines) is 1. The van der Waals surface area contributed by atoms with E-state index in [9.17, 15) is 4.79 Å². The van der Waals surface area contributed by atoms with Gasteiger partial charge in [0.25, 0.3) is 5.89 Å². The molecule has 2 heterocycles. The SMILES string of the molecule is Cc1noc(COCC(=O)N2CC[C@H](C)CC[C@@H]2C(C)C)n1. The van der Waals surface area contributed by atoms with Crippen LogP contribution in [0.3, 0.4) is 0 Å². The lowest BCUT2D eigenvalue weighted by Crippen LogP contribution is -2.44. The second-order valence-electron chi connectivity index (χ2n) is 6.60. The zero-order valence-corrected chi connectivity index (χ0v) is 14.0. The summed E-state index contributed by atoms with van der Waals surface area (Å²) in [5.74, 6) is 2.19. The molecule has 1 amide bonds. The molecular formula is C16H27N3O3. The number of aromatic nitrogens is 2. The van der Waals surface area contributed by atoms with Gasteiger partial charge in [-0.25, -0.2) is 0 Å². The molecule has 1 fully saturated rings. The van der Waals surface area contributed by atoms with Crippen molar-refractivity contribution < 1.29 is 14.1 Å². The van der Waals surface area contributed by atoms with Crippen molar-refractivity contribution in [2.45, 2.75) is 59.6 Å². The number of carbonyl (C=O) groups excluding carboxylic acids is 1. The third-order valence-electron chi connectivity index (χ3n) is 4.33. The first-order valence-electron chi connectivity index (χ1n) is 8.13. The molecule has 0 saturated carbocycles. The summed E-state index contributed by atoms with van der Waals surface area (Å²) < 4.78 is 10.4. The van der Waals surface area contributed by atoms with Gasteiger partial charge in [0.1, 0.15) is 13.2 Å². The van der Waals surface area contributed by atoms with Gasteiger partial charge in [0.15, 0.2) is 5.82 Å². The van der Waals surface area contributed by atoms with Crippen LogP contribution in [0.5, 0.6) is 0 Å². The van der Waals surface area contributed by atoms with E-state index in [1.807, 2.05) is 4.90 Å². The first-order chi connectivity index (χ1) is 10.5. The quantitative estimate of drug-likeness (QED) is 0.836. The second-order valence-corrected chi connectivity index (χ2v) is 6.60. The topological polar surface area (TPSA) is 68.5 Å². The molecule has 0 unspecified atom stereocenters. The molecule has 1 aliphatic rings. The van der Waals surface area contributed by atoms with E-state index >= 15 is 0 Å². The van der Waals surface area contributed by atoms with E-state index in [1.54, 1.807) is 6.92 Å². The van der Waals surface area contributed by atoms with Gasteiger partial charge in [-0.3, -0.25) is 4.79 Å². The largest absolute Gasteiger partial charge is 0.362 e. The molecule has 0 radical (unpaired) electrons. The Bertz CT molecular complexity index is 487. The Kier molecular flexibility index (Phi) is 5.94. The maximum atomic E-state index is 12.5. The predicted molar refractivity (Wildman–Crippen MR) is 82.0 cm³/mol. The van der Waals surface area contributed by atoms with E-state index in [-0.39, 0.29) is 19.1 Å². The summed E-state index contributed by atoms with van der Waals surface area (Å²) in [7, 11) is 0. The highest BCUT2D eigenvalue weighted by atomic mass is 16.5. The van der Waals surface area contributed by atoms with Crippen molar-refractivity contribution in [2.75, 3.05) is 13.2 Å². The Morgan fingerprint density at radius 2 is 2.18 bits per heavy atom. The van der Waals surface area contributed by atoms with Crippen LogP contribution in [0.4, 0.5) is 0 Å². The van der Waals surface area contributed by atoms with Crippen LogP contribution in [-0.2, 0) is 16.1 Å². The minimum Gasteiger partial charge on any atom is -0.362 e. The molecule has 1 aliphatic heterocycles. The molecule has 2 atom stereocenters. The normalized spacial score (nSPS) is 22.9. The van der Waals surface area contributed by atoms with Crippen molar-refractivity contribution >= 4 is 5.91 Å². The second kappa shape index (κ2) is 7.72. The van der Waals surface area contributed by atoms with Crippen molar-refractivity contribution in [1.29, 1.82) is 0 Å². The van der Waals surface area contributed by atoms with Crippen LogP contribution in [0.15, 0.2) is 4.52 Å². The van der Waals surface area contributed by atoms with Crippen LogP contribution in [0.1, 0.15) is 51.7 Å². The van der Waals surface area contributed by atoms with E-state index in [2.05, 4.69) is 30.9 Å². The van der Waals surface area contributed by atoms with Crippen LogP contribution in [0.25, 0.3) is 0 Å². The Labute approximate surface area is 132 Å². The number of aryl methyl sites for hydroxylation is 1. The summed E-state index contributed by atoms with van der Waals surface area (Å²) in [5.41, 5.74) is 0. The smallest absolute Gasteiger partial charge is 0.252 e. The van der Waals surface area contributed by atoms with Crippen LogP contribution in [0, 0.1) is 18.8 Å². The lowest BCUT2D eigenvalue weighted by Gasteiger charge is -2.32. The van der Waals surface area contributed by atoms with Crippen LogP contribution < -0.4 is 0 Å². The number of amides is 1. The van der Waals surface area contributed by atoms with Gasteiger partial charge in [-0.15, -0.1) is 0 Å². The molecule has 1 saturated heterocycles. The van der Waals surface area contributed by atoms with Gasteiger partial charge in [-0.05, 0) is 38.0 Å². The Balaban J connectivity index is 1.88. The highest BCUT2D eigenvalue weighted by Crippen LogP contribution is 2.26. The van der Waals surface area contributed by atoms with Crippen molar-refractivity contribution in [1.82, 2.24) is 15.0 Å². The molecule has 0 bridgehead atoms. The molecular weight excluding hydrogens is 282 g/mol. The van der Waals surface area contributed by atoms with Crippen molar-refractivity contribution in [2.24, 2.45) is 11.8 Å². The zero-order chi connectivity index (χ0) is 16.1. The fourth-order valence-electron chi connectivity index (χ4n) is 2.99. The van der Waals surface area contributed by atoms with Crippen molar-refractivity contribution in [3.8, 4) is 0 Å². The summed E-state index contributed by atoms with van der Waals surface area (Å²) in [6.07, 6.45) is 3.33. The molecule has 1 aromatic heterocycles. The van der Waals surface area contributed by atoms with Gasteiger partial charge < -0.3 is 14.2 Å². The van der Waals surface area contributed by atoms with Crippen molar-refractivity contribution in [3.05, 3.63) is 11.7 Å². The van der Waals surface area contributed by atoms with Gasteiger partial charge in [-0.2, -0.15) is 4.98 Å². The van der Waals surface area contributed by atoms with Crippen molar-refractivity contribution in [3.63, 3.8) is 0 Å². The summed E-state index contributed by atoms with van der Waals surface area (Å²) in [6.45, 7) is 9.46. The lowest BCUT2D eigenvalue weighted by molar-refractivity contribution is -0.140. The number of ether oxygens (including phenoxy) is 1. The summed E-state index contributed by atoms with van der Waals surface area (Å²) in [6, 6.07) is 0.312. The number of hydrogen-bond donors (Lipinski definition) is 0. The van der Waals surface area contributed by atoms with E-state index in [0.717, 1.165) is 19.4 Å². The minimum absolute atomic E-state index is 0.0593. The molecule has 0 aromatic carbocycles. The van der Waals surface area contributed by atoms with Crippen LogP contribution in [-0.4, -0.2) is 40.1 Å². The van der Waals surface area contributed by atoms with Gasteiger partial charge >= 0.3 is 0 Å². The Morgan fingerprint density at radius 3 is 2.82 bits per heavy atom. The molecule has 6 heteroatoms. The van der Waals surface area contributed by atoms with Crippen LogP contribution in [0.2, 0.25) is 0 Å². The average Bonchev–Trinajstić information content (AvgIpc) is 2.76. The fraction of sp³-hybridized carbons (Fsp3) is 0.812. The van der Waals surface area contributed by atoms with Crippen LogP contribution >= 0.6 is 0 Å². The highest BCUT2D eigenvalue weighted by molar-refractivity contribution is 5.77. The molecule has 0 aliphatic carbocycles. The van der Waals surface area contributed by atoms with Gasteiger partial charge in [0.05, 0.1) is 0 Å². The molecule has 2 rings (SSSR count). The Hall–Kier alpha value is -1.43. The van der Waals surface area contributed by atoms with E-state index in [0.29, 0.717) is 29.6 Å². The minimum atomic E-state index is 0.0593. The third-order valence-corrected chi connectivity index (χ3v) is 4.33. The standard InChI is InChI=1S/C16H27N3O3/c1-11(2)14-6-5-12(3)7-8-19(14)16(20)10-21-9-15-17-13(4)18-22-15/h11-12,14H,5-10H2,1-4H3/t12-,14-/m1/s1. The monoisotopic (exact) mass is 309 g/mol. The zero-order valence-electron chi connectivity index (χ0n) is 14.0. The Morgan fingerprint density at radius 1 is 1.41 bits per heavy atom. The number of hydrogen-bond acceptors (Lipinski definition) is 5.